The summed E-state index contributed by atoms with van der Waals surface area (Å²) in [5, 5.41) is 13.5. The third-order valence-corrected chi connectivity index (χ3v) is 4.13. The molecule has 0 saturated carbocycles. The Morgan fingerprint density at radius 2 is 2.08 bits per heavy atom. The summed E-state index contributed by atoms with van der Waals surface area (Å²) in [7, 11) is 0. The zero-order valence-corrected chi connectivity index (χ0v) is 13.4. The van der Waals surface area contributed by atoms with Crippen LogP contribution in [0.3, 0.4) is 0 Å². The predicted octanol–water partition coefficient (Wildman–Crippen LogP) is 1.21. The lowest BCUT2D eigenvalue weighted by Gasteiger charge is -2.13. The van der Waals surface area contributed by atoms with Crippen molar-refractivity contribution in [2.75, 3.05) is 18.4 Å². The van der Waals surface area contributed by atoms with Gasteiger partial charge in [-0.3, -0.25) is 14.9 Å². The maximum absolute atomic E-state index is 12.5. The number of H-pyrrole nitrogens is 1. The topological polar surface area (TPSA) is 121 Å². The number of nitrogens with zero attached hydrogens (tertiary/aromatic N) is 3. The number of pyridine rings is 1. The van der Waals surface area contributed by atoms with Crippen molar-refractivity contribution >= 4 is 28.5 Å². The monoisotopic (exact) mass is 335 g/mol. The van der Waals surface area contributed by atoms with Crippen LogP contribution in [0, 0.1) is 0 Å². The third-order valence-electron chi connectivity index (χ3n) is 4.13. The summed E-state index contributed by atoms with van der Waals surface area (Å²) >= 11 is 0. The molecule has 0 bridgehead atoms. The standard InChI is InChI=1S/C17H17N7O/c18-14(16-20-7-8-21-16)10-1-3-11(4-2-10)17(25)23-13-5-6-19-15-12(13)9-22-24-15/h1-6,9,14H,7-8,18H2,(H,20,21)(H2,19,22,23,24,25). The number of hydrogen-bond donors (Lipinski definition) is 4. The van der Waals surface area contributed by atoms with E-state index in [2.05, 4.69) is 30.8 Å². The van der Waals surface area contributed by atoms with Crippen molar-refractivity contribution in [1.82, 2.24) is 20.5 Å². The second-order valence-electron chi connectivity index (χ2n) is 5.74. The van der Waals surface area contributed by atoms with Gasteiger partial charge in [0, 0.05) is 18.3 Å². The molecule has 126 valence electrons. The molecule has 8 nitrogen and oxygen atoms in total. The molecule has 0 aliphatic carbocycles. The first kappa shape index (κ1) is 15.3. The van der Waals surface area contributed by atoms with Crippen LogP contribution in [0.1, 0.15) is 22.0 Å². The lowest BCUT2D eigenvalue weighted by Crippen LogP contribution is -2.31. The summed E-state index contributed by atoms with van der Waals surface area (Å²) < 4.78 is 0. The number of fused-ring (bicyclic) bond motifs is 1. The van der Waals surface area contributed by atoms with E-state index in [4.69, 9.17) is 5.73 Å². The first-order valence-electron chi connectivity index (χ1n) is 7.95. The van der Waals surface area contributed by atoms with Gasteiger partial charge in [-0.1, -0.05) is 12.1 Å². The van der Waals surface area contributed by atoms with Gasteiger partial charge in [0.1, 0.15) is 5.84 Å². The second-order valence-corrected chi connectivity index (χ2v) is 5.74. The maximum atomic E-state index is 12.5. The average molecular weight is 335 g/mol. The van der Waals surface area contributed by atoms with Gasteiger partial charge in [0.15, 0.2) is 5.65 Å². The molecule has 1 unspecified atom stereocenters. The molecule has 1 amide bonds. The van der Waals surface area contributed by atoms with Gasteiger partial charge in [-0.2, -0.15) is 5.10 Å². The van der Waals surface area contributed by atoms with E-state index in [0.717, 1.165) is 29.9 Å². The Hall–Kier alpha value is -3.26. The number of nitrogens with two attached hydrogens (primary N) is 1. The number of rotatable bonds is 4. The van der Waals surface area contributed by atoms with E-state index in [1.165, 1.54) is 0 Å². The van der Waals surface area contributed by atoms with E-state index in [-0.39, 0.29) is 11.9 Å². The number of aliphatic imine (C=N–C) groups is 1. The molecular weight excluding hydrogens is 318 g/mol. The SMILES string of the molecule is NC(C1=NCCN1)c1ccc(C(=O)Nc2ccnc3[nH]ncc23)cc1. The van der Waals surface area contributed by atoms with Gasteiger partial charge in [0.05, 0.1) is 29.9 Å². The van der Waals surface area contributed by atoms with Crippen molar-refractivity contribution in [3.63, 3.8) is 0 Å². The quantitative estimate of drug-likeness (QED) is 0.571. The molecule has 25 heavy (non-hydrogen) atoms. The van der Waals surface area contributed by atoms with Crippen LogP contribution in [-0.4, -0.2) is 40.0 Å². The molecule has 3 heterocycles. The molecule has 3 aromatic rings. The lowest BCUT2D eigenvalue weighted by atomic mass is 10.0. The molecule has 1 aliphatic heterocycles. The molecule has 8 heteroatoms. The van der Waals surface area contributed by atoms with Gasteiger partial charge < -0.3 is 16.4 Å². The van der Waals surface area contributed by atoms with Crippen LogP contribution in [0.5, 0.6) is 0 Å². The van der Waals surface area contributed by atoms with Crippen molar-refractivity contribution in [1.29, 1.82) is 0 Å². The number of carbonyl (C=O) groups is 1. The Morgan fingerprint density at radius 3 is 2.84 bits per heavy atom. The molecule has 1 aliphatic rings. The Bertz CT molecular complexity index is 945. The number of hydrogen-bond acceptors (Lipinski definition) is 6. The molecule has 0 saturated heterocycles. The zero-order chi connectivity index (χ0) is 17.2. The molecule has 2 aromatic heterocycles. The zero-order valence-electron chi connectivity index (χ0n) is 13.4. The van der Waals surface area contributed by atoms with Crippen LogP contribution in [0.25, 0.3) is 11.0 Å². The fourth-order valence-corrected chi connectivity index (χ4v) is 2.78. The van der Waals surface area contributed by atoms with Crippen molar-refractivity contribution in [3.05, 3.63) is 53.9 Å². The summed E-state index contributed by atoms with van der Waals surface area (Å²) in [4.78, 5) is 21.0. The largest absolute Gasteiger partial charge is 0.370 e. The normalized spacial score (nSPS) is 14.8. The number of benzene rings is 1. The average Bonchev–Trinajstić information content (AvgIpc) is 3.33. The maximum Gasteiger partial charge on any atom is 0.255 e. The summed E-state index contributed by atoms with van der Waals surface area (Å²) in [6.45, 7) is 1.57. The van der Waals surface area contributed by atoms with E-state index >= 15 is 0 Å². The number of anilines is 1. The van der Waals surface area contributed by atoms with Gasteiger partial charge in [-0.15, -0.1) is 0 Å². The molecular formula is C17H17N7O. The summed E-state index contributed by atoms with van der Waals surface area (Å²) in [6, 6.07) is 8.65. The Labute approximate surface area is 143 Å². The molecule has 0 fully saturated rings. The van der Waals surface area contributed by atoms with Gasteiger partial charge in [0.25, 0.3) is 5.91 Å². The molecule has 1 atom stereocenters. The second kappa shape index (κ2) is 6.33. The van der Waals surface area contributed by atoms with Crippen LogP contribution in [-0.2, 0) is 0 Å². The van der Waals surface area contributed by atoms with Gasteiger partial charge >= 0.3 is 0 Å². The summed E-state index contributed by atoms with van der Waals surface area (Å²) in [5.41, 5.74) is 8.93. The van der Waals surface area contributed by atoms with Crippen LogP contribution in [0.2, 0.25) is 0 Å². The van der Waals surface area contributed by atoms with Crippen LogP contribution in [0.15, 0.2) is 47.7 Å². The third kappa shape index (κ3) is 2.94. The van der Waals surface area contributed by atoms with Crippen LogP contribution < -0.4 is 16.4 Å². The smallest absolute Gasteiger partial charge is 0.255 e. The first-order chi connectivity index (χ1) is 12.2. The summed E-state index contributed by atoms with van der Waals surface area (Å²) in [5.74, 6) is 0.585. The van der Waals surface area contributed by atoms with Gasteiger partial charge in [-0.25, -0.2) is 4.98 Å². The molecule has 1 aromatic carbocycles. The summed E-state index contributed by atoms with van der Waals surface area (Å²) in [6.07, 6.45) is 3.25. The number of amides is 1. The van der Waals surface area contributed by atoms with E-state index < -0.39 is 0 Å². The Morgan fingerprint density at radius 1 is 1.24 bits per heavy atom. The van der Waals surface area contributed by atoms with Crippen LogP contribution >= 0.6 is 0 Å². The van der Waals surface area contributed by atoms with Crippen molar-refractivity contribution < 1.29 is 4.79 Å². The minimum Gasteiger partial charge on any atom is -0.370 e. The number of aromatic nitrogens is 3. The molecule has 0 spiro atoms. The number of nitrogens with one attached hydrogen (secondary N) is 3. The van der Waals surface area contributed by atoms with E-state index in [1.54, 1.807) is 30.6 Å². The number of amidine groups is 1. The van der Waals surface area contributed by atoms with E-state index in [0.29, 0.717) is 16.9 Å². The molecule has 4 rings (SSSR count). The first-order valence-corrected chi connectivity index (χ1v) is 7.95. The number of carbonyl (C=O) groups excluding carboxylic acids is 1. The predicted molar refractivity (Wildman–Crippen MR) is 95.5 cm³/mol. The van der Waals surface area contributed by atoms with E-state index in [1.807, 2.05) is 12.1 Å². The minimum absolute atomic E-state index is 0.204. The van der Waals surface area contributed by atoms with Gasteiger partial charge in [0.2, 0.25) is 0 Å². The van der Waals surface area contributed by atoms with Crippen molar-refractivity contribution in [3.8, 4) is 0 Å². The highest BCUT2D eigenvalue weighted by Gasteiger charge is 2.17. The number of aromatic amines is 1. The fourth-order valence-electron chi connectivity index (χ4n) is 2.78. The Kier molecular flexibility index (Phi) is 3.87. The van der Waals surface area contributed by atoms with Gasteiger partial charge in [-0.05, 0) is 23.8 Å². The molecule has 5 N–H and O–H groups in total. The lowest BCUT2D eigenvalue weighted by molar-refractivity contribution is 0.102. The van der Waals surface area contributed by atoms with E-state index in [9.17, 15) is 4.79 Å². The van der Waals surface area contributed by atoms with Crippen molar-refractivity contribution in [2.24, 2.45) is 10.7 Å². The minimum atomic E-state index is -0.301. The highest BCUT2D eigenvalue weighted by Crippen LogP contribution is 2.20. The molecule has 0 radical (unpaired) electrons. The highest BCUT2D eigenvalue weighted by molar-refractivity contribution is 6.08. The highest BCUT2D eigenvalue weighted by atomic mass is 16.1. The van der Waals surface area contributed by atoms with Crippen molar-refractivity contribution in [2.45, 2.75) is 6.04 Å². The Balaban J connectivity index is 1.52. The fraction of sp³-hybridized carbons (Fsp3) is 0.176. The van der Waals surface area contributed by atoms with Crippen LogP contribution in [0.4, 0.5) is 5.69 Å².